The van der Waals surface area contributed by atoms with Crippen LogP contribution < -0.4 is 0 Å². The van der Waals surface area contributed by atoms with Gasteiger partial charge in [0.25, 0.3) is 0 Å². The van der Waals surface area contributed by atoms with Gasteiger partial charge in [-0.3, -0.25) is 0 Å². The van der Waals surface area contributed by atoms with Gasteiger partial charge in [0, 0.05) is 5.41 Å². The van der Waals surface area contributed by atoms with E-state index in [4.69, 9.17) is 4.74 Å². The minimum Gasteiger partial charge on any atom is -0.378 e. The molecule has 1 nitrogen and oxygen atoms in total. The molecule has 1 aromatic rings. The molecule has 1 aliphatic rings. The summed E-state index contributed by atoms with van der Waals surface area (Å²) in [5, 5.41) is 0. The van der Waals surface area contributed by atoms with Gasteiger partial charge >= 0.3 is 0 Å². The number of hydrogen-bond acceptors (Lipinski definition) is 1. The lowest BCUT2D eigenvalue weighted by Gasteiger charge is -2.22. The summed E-state index contributed by atoms with van der Waals surface area (Å²) in [6.45, 7) is 5.29. The summed E-state index contributed by atoms with van der Waals surface area (Å²) >= 11 is 0. The minimum atomic E-state index is 0.237. The van der Waals surface area contributed by atoms with Gasteiger partial charge < -0.3 is 4.74 Å². The average molecular weight is 176 g/mol. The fraction of sp³-hybridized carbons (Fsp3) is 0.500. The predicted octanol–water partition coefficient (Wildman–Crippen LogP) is 2.75. The molecule has 0 aliphatic carbocycles. The summed E-state index contributed by atoms with van der Waals surface area (Å²) in [6.07, 6.45) is 1.54. The molecule has 0 aromatic heterocycles. The van der Waals surface area contributed by atoms with Gasteiger partial charge in [0.15, 0.2) is 0 Å². The zero-order chi connectivity index (χ0) is 9.31. The second-order valence-electron chi connectivity index (χ2n) is 4.25. The van der Waals surface area contributed by atoms with Crippen LogP contribution in [0.5, 0.6) is 0 Å². The topological polar surface area (TPSA) is 9.23 Å². The second kappa shape index (κ2) is 3.15. The third-order valence-corrected chi connectivity index (χ3v) is 2.90. The molecule has 1 saturated heterocycles. The maximum Gasteiger partial charge on any atom is 0.0564 e. The molecule has 1 heteroatoms. The van der Waals surface area contributed by atoms with E-state index in [1.54, 1.807) is 0 Å². The monoisotopic (exact) mass is 176 g/mol. The Bertz CT molecular complexity index is 280. The van der Waals surface area contributed by atoms with Gasteiger partial charge in [-0.2, -0.15) is 0 Å². The molecule has 0 saturated carbocycles. The molecule has 2 rings (SSSR count). The molecule has 0 unspecified atom stereocenters. The molecule has 0 N–H and O–H groups in total. The van der Waals surface area contributed by atoms with E-state index in [1.807, 2.05) is 0 Å². The van der Waals surface area contributed by atoms with Crippen molar-refractivity contribution in [3.8, 4) is 0 Å². The maximum atomic E-state index is 5.62. The summed E-state index contributed by atoms with van der Waals surface area (Å²) in [6, 6.07) is 10.7. The Morgan fingerprint density at radius 3 is 2.54 bits per heavy atom. The highest BCUT2D eigenvalue weighted by Crippen LogP contribution is 2.35. The van der Waals surface area contributed by atoms with Crippen LogP contribution >= 0.6 is 0 Å². The van der Waals surface area contributed by atoms with Crippen LogP contribution in [0.4, 0.5) is 0 Å². The number of benzene rings is 1. The van der Waals surface area contributed by atoms with Crippen molar-refractivity contribution in [2.75, 3.05) is 6.61 Å². The fourth-order valence-electron chi connectivity index (χ4n) is 2.12. The van der Waals surface area contributed by atoms with Gasteiger partial charge in [0.2, 0.25) is 0 Å². The minimum absolute atomic E-state index is 0.237. The van der Waals surface area contributed by atoms with Crippen LogP contribution in [-0.2, 0) is 10.2 Å². The quantitative estimate of drug-likeness (QED) is 0.639. The van der Waals surface area contributed by atoms with Crippen LogP contribution in [0.25, 0.3) is 0 Å². The number of hydrogen-bond donors (Lipinski definition) is 0. The van der Waals surface area contributed by atoms with E-state index in [2.05, 4.69) is 44.2 Å². The summed E-state index contributed by atoms with van der Waals surface area (Å²) in [5.74, 6) is 0. The third kappa shape index (κ3) is 1.61. The first kappa shape index (κ1) is 8.76. The first-order chi connectivity index (χ1) is 6.21. The summed E-state index contributed by atoms with van der Waals surface area (Å²) in [4.78, 5) is 0. The van der Waals surface area contributed by atoms with Crippen LogP contribution in [0.3, 0.4) is 0 Å². The lowest BCUT2D eigenvalue weighted by Crippen LogP contribution is -2.21. The van der Waals surface area contributed by atoms with Crippen molar-refractivity contribution in [1.29, 1.82) is 0 Å². The van der Waals surface area contributed by atoms with Crippen molar-refractivity contribution >= 4 is 0 Å². The zero-order valence-corrected chi connectivity index (χ0v) is 8.29. The highest BCUT2D eigenvalue weighted by molar-refractivity contribution is 5.25. The Labute approximate surface area is 79.7 Å². The standard InChI is InChI=1S/C12H16O/c1-10-8-12(2,9-13-10)11-6-4-3-5-7-11/h3-7,10H,8-9H2,1-2H3/t10-,12+/m1/s1. The molecule has 1 aliphatic heterocycles. The van der Waals surface area contributed by atoms with Crippen LogP contribution in [0.2, 0.25) is 0 Å². The van der Waals surface area contributed by atoms with Crippen LogP contribution in [-0.4, -0.2) is 12.7 Å². The van der Waals surface area contributed by atoms with E-state index >= 15 is 0 Å². The van der Waals surface area contributed by atoms with Crippen LogP contribution in [0.1, 0.15) is 25.8 Å². The average Bonchev–Trinajstić information content (AvgIpc) is 2.49. The van der Waals surface area contributed by atoms with Crippen molar-refractivity contribution in [3.63, 3.8) is 0 Å². The molecule has 0 radical (unpaired) electrons. The highest BCUT2D eigenvalue weighted by atomic mass is 16.5. The molecule has 1 fully saturated rings. The molecule has 2 atom stereocenters. The molecule has 0 spiro atoms. The molecule has 0 amide bonds. The number of ether oxygens (including phenoxy) is 1. The van der Waals surface area contributed by atoms with Crippen molar-refractivity contribution in [1.82, 2.24) is 0 Å². The smallest absolute Gasteiger partial charge is 0.0564 e. The Morgan fingerprint density at radius 1 is 1.31 bits per heavy atom. The fourth-order valence-corrected chi connectivity index (χ4v) is 2.12. The molecule has 13 heavy (non-hydrogen) atoms. The van der Waals surface area contributed by atoms with E-state index in [0.717, 1.165) is 13.0 Å². The second-order valence-corrected chi connectivity index (χ2v) is 4.25. The normalized spacial score (nSPS) is 33.5. The van der Waals surface area contributed by atoms with Gasteiger partial charge in [-0.05, 0) is 18.9 Å². The Morgan fingerprint density at radius 2 is 2.00 bits per heavy atom. The molecule has 0 bridgehead atoms. The van der Waals surface area contributed by atoms with Crippen molar-refractivity contribution < 1.29 is 4.74 Å². The molecule has 70 valence electrons. The summed E-state index contributed by atoms with van der Waals surface area (Å²) in [7, 11) is 0. The summed E-state index contributed by atoms with van der Waals surface area (Å²) < 4.78 is 5.62. The molecular formula is C12H16O. The lowest BCUT2D eigenvalue weighted by molar-refractivity contribution is 0.118. The van der Waals surface area contributed by atoms with Crippen LogP contribution in [0, 0.1) is 0 Å². The van der Waals surface area contributed by atoms with E-state index in [-0.39, 0.29) is 5.41 Å². The molecular weight excluding hydrogens is 160 g/mol. The van der Waals surface area contributed by atoms with E-state index in [9.17, 15) is 0 Å². The number of rotatable bonds is 1. The lowest BCUT2D eigenvalue weighted by atomic mass is 9.81. The Hall–Kier alpha value is -0.820. The van der Waals surface area contributed by atoms with Crippen molar-refractivity contribution in [2.24, 2.45) is 0 Å². The maximum absolute atomic E-state index is 5.62. The zero-order valence-electron chi connectivity index (χ0n) is 8.29. The highest BCUT2D eigenvalue weighted by Gasteiger charge is 2.35. The Kier molecular flexibility index (Phi) is 2.12. The largest absolute Gasteiger partial charge is 0.378 e. The van der Waals surface area contributed by atoms with Gasteiger partial charge in [-0.1, -0.05) is 37.3 Å². The van der Waals surface area contributed by atoms with E-state index < -0.39 is 0 Å². The van der Waals surface area contributed by atoms with E-state index in [1.165, 1.54) is 5.56 Å². The van der Waals surface area contributed by atoms with Gasteiger partial charge in [0.1, 0.15) is 0 Å². The van der Waals surface area contributed by atoms with Crippen molar-refractivity contribution in [3.05, 3.63) is 35.9 Å². The Balaban J connectivity index is 2.26. The SMILES string of the molecule is C[C@@H]1C[C@](C)(c2ccccc2)CO1. The molecule has 1 aromatic carbocycles. The van der Waals surface area contributed by atoms with Crippen LogP contribution in [0.15, 0.2) is 30.3 Å². The predicted molar refractivity (Wildman–Crippen MR) is 53.8 cm³/mol. The van der Waals surface area contributed by atoms with Gasteiger partial charge in [-0.25, -0.2) is 0 Å². The molecule has 1 heterocycles. The summed E-state index contributed by atoms with van der Waals surface area (Å²) in [5.41, 5.74) is 1.64. The third-order valence-electron chi connectivity index (χ3n) is 2.90. The van der Waals surface area contributed by atoms with Crippen molar-refractivity contribution in [2.45, 2.75) is 31.8 Å². The van der Waals surface area contributed by atoms with Gasteiger partial charge in [0.05, 0.1) is 12.7 Å². The van der Waals surface area contributed by atoms with Gasteiger partial charge in [-0.15, -0.1) is 0 Å². The van der Waals surface area contributed by atoms with E-state index in [0.29, 0.717) is 6.10 Å². The first-order valence-corrected chi connectivity index (χ1v) is 4.88. The first-order valence-electron chi connectivity index (χ1n) is 4.88.